The first-order valence-electron chi connectivity index (χ1n) is 7.60. The maximum absolute atomic E-state index is 10.1. The molecule has 0 bridgehead atoms. The van der Waals surface area contributed by atoms with Crippen LogP contribution in [0.1, 0.15) is 37.3 Å². The van der Waals surface area contributed by atoms with Crippen molar-refractivity contribution in [3.63, 3.8) is 0 Å². The second-order valence-corrected chi connectivity index (χ2v) is 5.70. The lowest BCUT2D eigenvalue weighted by molar-refractivity contribution is 0.139. The predicted molar refractivity (Wildman–Crippen MR) is 86.8 cm³/mol. The van der Waals surface area contributed by atoms with E-state index in [4.69, 9.17) is 4.74 Å². The Kier molecular flexibility index (Phi) is 5.82. The number of rotatable bonds is 7. The van der Waals surface area contributed by atoms with Crippen molar-refractivity contribution in [2.45, 2.75) is 38.7 Å². The third-order valence-electron chi connectivity index (χ3n) is 3.58. The van der Waals surface area contributed by atoms with Crippen molar-refractivity contribution < 1.29 is 9.84 Å². The highest BCUT2D eigenvalue weighted by Crippen LogP contribution is 2.16. The minimum atomic E-state index is -0.362. The lowest BCUT2D eigenvalue weighted by atomic mass is 9.99. The van der Waals surface area contributed by atoms with Crippen molar-refractivity contribution in [1.29, 1.82) is 0 Å². The summed E-state index contributed by atoms with van der Waals surface area (Å²) in [4.78, 5) is 0. The quantitative estimate of drug-likeness (QED) is 0.826. The topological polar surface area (TPSA) is 29.5 Å². The first kappa shape index (κ1) is 15.6. The molecule has 0 aliphatic carbocycles. The van der Waals surface area contributed by atoms with Crippen LogP contribution in [-0.4, -0.2) is 17.8 Å². The van der Waals surface area contributed by atoms with E-state index in [-0.39, 0.29) is 6.10 Å². The molecule has 0 saturated heterocycles. The second kappa shape index (κ2) is 7.84. The van der Waals surface area contributed by atoms with Crippen molar-refractivity contribution >= 4 is 0 Å². The maximum atomic E-state index is 10.1. The molecule has 1 atom stereocenters. The molecule has 2 heteroatoms. The number of hydrogen-bond donors (Lipinski definition) is 1. The third kappa shape index (κ3) is 5.24. The summed E-state index contributed by atoms with van der Waals surface area (Å²) in [5.41, 5.74) is 2.51. The Bertz CT molecular complexity index is 517. The van der Waals surface area contributed by atoms with Crippen LogP contribution in [0.2, 0.25) is 0 Å². The molecule has 0 aromatic heterocycles. The Hall–Kier alpha value is -1.80. The van der Waals surface area contributed by atoms with Crippen LogP contribution in [0.25, 0.3) is 0 Å². The van der Waals surface area contributed by atoms with E-state index in [2.05, 4.69) is 38.1 Å². The Morgan fingerprint density at radius 1 is 0.952 bits per heavy atom. The van der Waals surface area contributed by atoms with E-state index < -0.39 is 0 Å². The Balaban J connectivity index is 1.75. The molecule has 2 nitrogen and oxygen atoms in total. The Morgan fingerprint density at radius 2 is 1.62 bits per heavy atom. The summed E-state index contributed by atoms with van der Waals surface area (Å²) in [5.74, 6) is 1.40. The molecule has 0 fully saturated rings. The molecule has 0 spiro atoms. The van der Waals surface area contributed by atoms with E-state index in [1.165, 1.54) is 11.1 Å². The van der Waals surface area contributed by atoms with Crippen LogP contribution >= 0.6 is 0 Å². The zero-order chi connectivity index (χ0) is 15.1. The SMILES string of the molecule is CC(C)c1ccc(CC(O)CCOc2ccccc2)cc1. The summed E-state index contributed by atoms with van der Waals surface area (Å²) in [6.45, 7) is 4.91. The highest BCUT2D eigenvalue weighted by molar-refractivity contribution is 5.25. The standard InChI is InChI=1S/C19H24O2/c1-15(2)17-10-8-16(9-11-17)14-18(20)12-13-21-19-6-4-3-5-7-19/h3-11,15,18,20H,12-14H2,1-2H3. The van der Waals surface area contributed by atoms with Gasteiger partial charge < -0.3 is 9.84 Å². The highest BCUT2D eigenvalue weighted by Gasteiger charge is 2.07. The van der Waals surface area contributed by atoms with Gasteiger partial charge in [0.05, 0.1) is 12.7 Å². The van der Waals surface area contributed by atoms with Gasteiger partial charge in [0, 0.05) is 6.42 Å². The normalized spacial score (nSPS) is 12.4. The van der Waals surface area contributed by atoms with Gasteiger partial charge in [0.25, 0.3) is 0 Å². The number of ether oxygens (including phenoxy) is 1. The Morgan fingerprint density at radius 3 is 2.24 bits per heavy atom. The van der Waals surface area contributed by atoms with Gasteiger partial charge in [-0.3, -0.25) is 0 Å². The van der Waals surface area contributed by atoms with Gasteiger partial charge in [-0.1, -0.05) is 56.3 Å². The molecule has 0 aliphatic rings. The first-order chi connectivity index (χ1) is 10.1. The summed E-state index contributed by atoms with van der Waals surface area (Å²) >= 11 is 0. The molecule has 1 N–H and O–H groups in total. The molecule has 2 aromatic rings. The van der Waals surface area contributed by atoms with Gasteiger partial charge >= 0.3 is 0 Å². The minimum absolute atomic E-state index is 0.362. The van der Waals surface area contributed by atoms with Crippen LogP contribution in [0.4, 0.5) is 0 Å². The van der Waals surface area contributed by atoms with Crippen LogP contribution < -0.4 is 4.74 Å². The lowest BCUT2D eigenvalue weighted by Crippen LogP contribution is -2.14. The summed E-state index contributed by atoms with van der Waals surface area (Å²) < 4.78 is 5.60. The molecule has 2 aromatic carbocycles. The second-order valence-electron chi connectivity index (χ2n) is 5.70. The first-order valence-corrected chi connectivity index (χ1v) is 7.60. The molecular weight excluding hydrogens is 260 g/mol. The van der Waals surface area contributed by atoms with Crippen molar-refractivity contribution in [3.8, 4) is 5.75 Å². The van der Waals surface area contributed by atoms with Crippen molar-refractivity contribution in [2.75, 3.05) is 6.61 Å². The monoisotopic (exact) mass is 284 g/mol. The van der Waals surface area contributed by atoms with E-state index in [0.717, 1.165) is 5.75 Å². The van der Waals surface area contributed by atoms with E-state index in [1.807, 2.05) is 30.3 Å². The van der Waals surface area contributed by atoms with Gasteiger partial charge in [-0.25, -0.2) is 0 Å². The van der Waals surface area contributed by atoms with Gasteiger partial charge in [-0.15, -0.1) is 0 Å². The van der Waals surface area contributed by atoms with Crippen molar-refractivity contribution in [2.24, 2.45) is 0 Å². The predicted octanol–water partition coefficient (Wildman–Crippen LogP) is 4.18. The summed E-state index contributed by atoms with van der Waals surface area (Å²) in [5, 5.41) is 10.1. The summed E-state index contributed by atoms with van der Waals surface area (Å²) in [7, 11) is 0. The van der Waals surface area contributed by atoms with E-state index >= 15 is 0 Å². The number of aliphatic hydroxyl groups excluding tert-OH is 1. The summed E-state index contributed by atoms with van der Waals surface area (Å²) in [6, 6.07) is 18.2. The molecule has 21 heavy (non-hydrogen) atoms. The molecule has 2 rings (SSSR count). The molecule has 0 amide bonds. The zero-order valence-corrected chi connectivity index (χ0v) is 12.8. The van der Waals surface area contributed by atoms with Gasteiger partial charge in [0.1, 0.15) is 5.75 Å². The average molecular weight is 284 g/mol. The van der Waals surface area contributed by atoms with Crippen LogP contribution in [0.5, 0.6) is 5.75 Å². The number of para-hydroxylation sites is 1. The molecule has 0 heterocycles. The molecule has 0 saturated carbocycles. The zero-order valence-electron chi connectivity index (χ0n) is 12.8. The molecular formula is C19H24O2. The fourth-order valence-electron chi connectivity index (χ4n) is 2.24. The van der Waals surface area contributed by atoms with Crippen molar-refractivity contribution in [3.05, 3.63) is 65.7 Å². The van der Waals surface area contributed by atoms with Crippen LogP contribution in [0.15, 0.2) is 54.6 Å². The Labute approximate surface area is 127 Å². The van der Waals surface area contributed by atoms with Gasteiger partial charge in [-0.2, -0.15) is 0 Å². The van der Waals surface area contributed by atoms with E-state index in [0.29, 0.717) is 25.4 Å². The fourth-order valence-corrected chi connectivity index (χ4v) is 2.24. The molecule has 112 valence electrons. The maximum Gasteiger partial charge on any atom is 0.119 e. The molecule has 1 unspecified atom stereocenters. The lowest BCUT2D eigenvalue weighted by Gasteiger charge is -2.12. The smallest absolute Gasteiger partial charge is 0.119 e. The average Bonchev–Trinajstić information content (AvgIpc) is 2.49. The van der Waals surface area contributed by atoms with Crippen molar-refractivity contribution in [1.82, 2.24) is 0 Å². The fraction of sp³-hybridized carbons (Fsp3) is 0.368. The van der Waals surface area contributed by atoms with Gasteiger partial charge in [0.2, 0.25) is 0 Å². The minimum Gasteiger partial charge on any atom is -0.493 e. The molecule has 0 aliphatic heterocycles. The van der Waals surface area contributed by atoms with E-state index in [9.17, 15) is 5.11 Å². The highest BCUT2D eigenvalue weighted by atomic mass is 16.5. The van der Waals surface area contributed by atoms with E-state index in [1.54, 1.807) is 0 Å². The summed E-state index contributed by atoms with van der Waals surface area (Å²) in [6.07, 6.45) is 0.954. The molecule has 0 radical (unpaired) electrons. The van der Waals surface area contributed by atoms with Gasteiger partial charge in [-0.05, 0) is 35.6 Å². The number of aliphatic hydroxyl groups is 1. The van der Waals surface area contributed by atoms with Crippen LogP contribution in [-0.2, 0) is 6.42 Å². The number of benzene rings is 2. The van der Waals surface area contributed by atoms with Gasteiger partial charge in [0.15, 0.2) is 0 Å². The third-order valence-corrected chi connectivity index (χ3v) is 3.58. The number of hydrogen-bond acceptors (Lipinski definition) is 2. The van der Waals surface area contributed by atoms with Crippen LogP contribution in [0.3, 0.4) is 0 Å². The van der Waals surface area contributed by atoms with Crippen LogP contribution in [0, 0.1) is 0 Å². The largest absolute Gasteiger partial charge is 0.493 e.